The zero-order valence-corrected chi connectivity index (χ0v) is 13.6. The number of ether oxygens (including phenoxy) is 1. The first-order valence-electron chi connectivity index (χ1n) is 8.67. The van der Waals surface area contributed by atoms with Crippen LogP contribution in [0.25, 0.3) is 0 Å². The van der Waals surface area contributed by atoms with E-state index in [1.54, 1.807) is 19.4 Å². The first-order chi connectivity index (χ1) is 11.2. The minimum Gasteiger partial charge on any atom is -0.481 e. The van der Waals surface area contributed by atoms with Crippen LogP contribution in [0, 0.1) is 11.8 Å². The zero-order valence-electron chi connectivity index (χ0n) is 13.6. The summed E-state index contributed by atoms with van der Waals surface area (Å²) in [7, 11) is 1.61. The van der Waals surface area contributed by atoms with E-state index in [2.05, 4.69) is 19.8 Å². The molecule has 23 heavy (non-hydrogen) atoms. The molecule has 0 N–H and O–H groups in total. The van der Waals surface area contributed by atoms with Crippen LogP contribution in [0.2, 0.25) is 0 Å². The fourth-order valence-electron chi connectivity index (χ4n) is 4.00. The van der Waals surface area contributed by atoms with Crippen molar-refractivity contribution < 1.29 is 9.53 Å². The first kappa shape index (κ1) is 14.7. The van der Waals surface area contributed by atoms with E-state index >= 15 is 0 Å². The summed E-state index contributed by atoms with van der Waals surface area (Å²) in [6.07, 6.45) is 7.70. The molecule has 4 heterocycles. The minimum absolute atomic E-state index is 0.0867. The van der Waals surface area contributed by atoms with Crippen molar-refractivity contribution in [1.29, 1.82) is 0 Å². The van der Waals surface area contributed by atoms with E-state index in [0.29, 0.717) is 23.8 Å². The van der Waals surface area contributed by atoms with Gasteiger partial charge in [-0.2, -0.15) is 4.98 Å². The van der Waals surface area contributed by atoms with Crippen LogP contribution in [0.15, 0.2) is 12.3 Å². The predicted molar refractivity (Wildman–Crippen MR) is 86.4 cm³/mol. The Morgan fingerprint density at radius 2 is 2.13 bits per heavy atom. The highest BCUT2D eigenvalue weighted by Gasteiger charge is 2.42. The lowest BCUT2D eigenvalue weighted by molar-refractivity contribution is -0.141. The molecule has 2 bridgehead atoms. The van der Waals surface area contributed by atoms with Crippen molar-refractivity contribution in [3.05, 3.63) is 12.3 Å². The molecular weight excluding hydrogens is 292 g/mol. The van der Waals surface area contributed by atoms with Gasteiger partial charge in [0.15, 0.2) is 0 Å². The number of piperidine rings is 1. The molecule has 1 aromatic rings. The highest BCUT2D eigenvalue weighted by atomic mass is 16.5. The topological polar surface area (TPSA) is 58.6 Å². The van der Waals surface area contributed by atoms with Crippen molar-refractivity contribution >= 4 is 11.9 Å². The number of nitrogens with zero attached hydrogens (tertiary/aromatic N) is 4. The molecule has 4 aliphatic rings. The summed E-state index contributed by atoms with van der Waals surface area (Å²) >= 11 is 0. The van der Waals surface area contributed by atoms with Crippen molar-refractivity contribution in [2.24, 2.45) is 11.8 Å². The second kappa shape index (κ2) is 5.98. The number of aromatic nitrogens is 2. The molecule has 1 aromatic heterocycles. The van der Waals surface area contributed by atoms with Crippen LogP contribution >= 0.6 is 0 Å². The molecule has 6 nitrogen and oxygen atoms in total. The quantitative estimate of drug-likeness (QED) is 0.846. The third-order valence-electron chi connectivity index (χ3n) is 5.58. The molecule has 0 aromatic carbocycles. The molecule has 1 amide bonds. The fourth-order valence-corrected chi connectivity index (χ4v) is 4.00. The molecule has 1 aliphatic carbocycles. The third-order valence-corrected chi connectivity index (χ3v) is 5.58. The van der Waals surface area contributed by atoms with Crippen LogP contribution in [0.3, 0.4) is 0 Å². The van der Waals surface area contributed by atoms with E-state index in [4.69, 9.17) is 4.74 Å². The van der Waals surface area contributed by atoms with E-state index in [-0.39, 0.29) is 5.92 Å². The molecular formula is C17H24N4O2. The molecule has 124 valence electrons. The Morgan fingerprint density at radius 1 is 1.26 bits per heavy atom. The number of amides is 1. The highest BCUT2D eigenvalue weighted by molar-refractivity contribution is 5.81. The van der Waals surface area contributed by atoms with Crippen molar-refractivity contribution in [1.82, 2.24) is 14.9 Å². The van der Waals surface area contributed by atoms with Crippen LogP contribution < -0.4 is 9.64 Å². The lowest BCUT2D eigenvalue weighted by Gasteiger charge is -2.40. The van der Waals surface area contributed by atoms with Crippen LogP contribution in [-0.4, -0.2) is 53.6 Å². The number of hydrogen-bond donors (Lipinski definition) is 0. The molecule has 6 heteroatoms. The molecule has 4 fully saturated rings. The largest absolute Gasteiger partial charge is 0.481 e. The maximum atomic E-state index is 12.8. The lowest BCUT2D eigenvalue weighted by Crippen LogP contribution is -2.50. The molecule has 5 rings (SSSR count). The van der Waals surface area contributed by atoms with Gasteiger partial charge in [0.05, 0.1) is 13.0 Å². The summed E-state index contributed by atoms with van der Waals surface area (Å²) in [5.41, 5.74) is 0. The lowest BCUT2D eigenvalue weighted by atomic mass is 9.83. The van der Waals surface area contributed by atoms with Gasteiger partial charge >= 0.3 is 0 Å². The van der Waals surface area contributed by atoms with Crippen LogP contribution in [0.5, 0.6) is 5.88 Å². The Morgan fingerprint density at radius 3 is 2.87 bits per heavy atom. The summed E-state index contributed by atoms with van der Waals surface area (Å²) in [5.74, 6) is 2.41. The Kier molecular flexibility index (Phi) is 3.83. The number of carbonyl (C=O) groups excluding carboxylic acids is 1. The van der Waals surface area contributed by atoms with Gasteiger partial charge in [-0.15, -0.1) is 0 Å². The number of fused-ring (bicyclic) bond motifs is 4. The number of hydrogen-bond acceptors (Lipinski definition) is 5. The molecule has 0 radical (unpaired) electrons. The summed E-state index contributed by atoms with van der Waals surface area (Å²) < 4.78 is 5.21. The van der Waals surface area contributed by atoms with E-state index in [9.17, 15) is 4.79 Å². The monoisotopic (exact) mass is 316 g/mol. The van der Waals surface area contributed by atoms with Crippen molar-refractivity contribution in [3.8, 4) is 5.88 Å². The Labute approximate surface area is 136 Å². The molecule has 0 spiro atoms. The number of methoxy groups -OCH3 is 1. The minimum atomic E-state index is 0.0867. The van der Waals surface area contributed by atoms with E-state index < -0.39 is 0 Å². The molecule has 0 unspecified atom stereocenters. The smallest absolute Gasteiger partial charge is 0.228 e. The van der Waals surface area contributed by atoms with Gasteiger partial charge in [-0.25, -0.2) is 4.98 Å². The summed E-state index contributed by atoms with van der Waals surface area (Å²) in [6.45, 7) is 2.51. The third kappa shape index (κ3) is 2.75. The van der Waals surface area contributed by atoms with E-state index in [1.165, 1.54) is 19.3 Å². The first-order valence-corrected chi connectivity index (χ1v) is 8.67. The van der Waals surface area contributed by atoms with Crippen molar-refractivity contribution in [2.45, 2.75) is 38.1 Å². The predicted octanol–water partition coefficient (Wildman–Crippen LogP) is 1.71. The summed E-state index contributed by atoms with van der Waals surface area (Å²) in [5, 5.41) is 0. The zero-order chi connectivity index (χ0) is 15.8. The average Bonchev–Trinajstić information content (AvgIpc) is 2.83. The number of anilines is 1. The van der Waals surface area contributed by atoms with Gasteiger partial charge < -0.3 is 14.5 Å². The van der Waals surface area contributed by atoms with Gasteiger partial charge in [-0.1, -0.05) is 6.42 Å². The van der Waals surface area contributed by atoms with Crippen LogP contribution in [0.1, 0.15) is 32.1 Å². The van der Waals surface area contributed by atoms with E-state index in [1.807, 2.05) is 0 Å². The summed E-state index contributed by atoms with van der Waals surface area (Å²) in [6, 6.07) is 2.06. The standard InChI is InChI=1S/C17H24N4O2/c1-23-15-7-8-18-17(19-15)20-10-13-5-6-14(11-20)21(16(13)22)9-12-3-2-4-12/h7-8,12-14H,2-6,9-11H2,1H3/t13-,14+/m1/s1. The number of rotatable bonds is 4. The van der Waals surface area contributed by atoms with Gasteiger partial charge in [0.2, 0.25) is 17.7 Å². The van der Waals surface area contributed by atoms with Crippen LogP contribution in [0.4, 0.5) is 5.95 Å². The van der Waals surface area contributed by atoms with Crippen molar-refractivity contribution in [3.63, 3.8) is 0 Å². The molecule has 1 saturated carbocycles. The van der Waals surface area contributed by atoms with Crippen molar-refractivity contribution in [2.75, 3.05) is 31.6 Å². The van der Waals surface area contributed by atoms with Gasteiger partial charge in [0.1, 0.15) is 0 Å². The fraction of sp³-hybridized carbons (Fsp3) is 0.706. The SMILES string of the molecule is COc1ccnc(N2C[C@H]3CC[C@@H](C2)N(CC2CCC2)C3=O)n1. The Balaban J connectivity index is 1.55. The van der Waals surface area contributed by atoms with Gasteiger partial charge in [0.25, 0.3) is 0 Å². The Bertz CT molecular complexity index is 590. The summed E-state index contributed by atoms with van der Waals surface area (Å²) in [4.78, 5) is 26.0. The average molecular weight is 316 g/mol. The number of carbonyl (C=O) groups is 1. The molecule has 3 aliphatic heterocycles. The van der Waals surface area contributed by atoms with Gasteiger partial charge in [0, 0.05) is 37.9 Å². The molecule has 3 saturated heterocycles. The maximum Gasteiger partial charge on any atom is 0.228 e. The van der Waals surface area contributed by atoms with E-state index in [0.717, 1.165) is 38.4 Å². The Hall–Kier alpha value is -1.85. The highest BCUT2D eigenvalue weighted by Crippen LogP contribution is 2.34. The second-order valence-corrected chi connectivity index (χ2v) is 7.02. The molecule has 2 atom stereocenters. The van der Waals surface area contributed by atoms with Crippen LogP contribution in [-0.2, 0) is 4.79 Å². The van der Waals surface area contributed by atoms with Gasteiger partial charge in [-0.05, 0) is 31.6 Å². The maximum absolute atomic E-state index is 12.8. The van der Waals surface area contributed by atoms with Gasteiger partial charge in [-0.3, -0.25) is 4.79 Å². The normalized spacial score (nSPS) is 27.8. The second-order valence-electron chi connectivity index (χ2n) is 7.02.